The number of ether oxygens (including phenoxy) is 1. The van der Waals surface area contributed by atoms with Crippen LogP contribution in [0.2, 0.25) is 0 Å². The van der Waals surface area contributed by atoms with E-state index in [4.69, 9.17) is 4.42 Å². The normalized spacial score (nSPS) is 23.3. The minimum atomic E-state index is -0.407. The number of hydrogen-bond acceptors (Lipinski definition) is 4. The molecule has 19 heavy (non-hydrogen) atoms. The van der Waals surface area contributed by atoms with Crippen molar-refractivity contribution in [3.8, 4) is 0 Å². The molecule has 1 saturated heterocycles. The predicted octanol–water partition coefficient (Wildman–Crippen LogP) is 3.00. The summed E-state index contributed by atoms with van der Waals surface area (Å²) >= 11 is 0. The molecular weight excluding hydrogens is 242 g/mol. The lowest BCUT2D eigenvalue weighted by molar-refractivity contribution is 0.0558. The zero-order valence-electron chi connectivity index (χ0n) is 11.6. The third-order valence-electron chi connectivity index (χ3n) is 4.85. The molecule has 4 nitrogen and oxygen atoms in total. The van der Waals surface area contributed by atoms with Crippen LogP contribution in [-0.4, -0.2) is 31.1 Å². The average molecular weight is 263 g/mol. The van der Waals surface area contributed by atoms with Gasteiger partial charge in [0.25, 0.3) is 0 Å². The maximum atomic E-state index is 11.4. The fourth-order valence-corrected chi connectivity index (χ4v) is 3.35. The zero-order valence-corrected chi connectivity index (χ0v) is 11.6. The van der Waals surface area contributed by atoms with Gasteiger partial charge in [-0.1, -0.05) is 6.42 Å². The number of carbonyl (C=O) groups excluding carboxylic acids is 1. The largest absolute Gasteiger partial charge is 0.463 e. The first-order chi connectivity index (χ1) is 9.13. The van der Waals surface area contributed by atoms with E-state index < -0.39 is 5.97 Å². The summed E-state index contributed by atoms with van der Waals surface area (Å²) in [6, 6.07) is 3.83. The minimum Gasteiger partial charge on any atom is -0.463 e. The Kier molecular flexibility index (Phi) is 3.13. The third-order valence-corrected chi connectivity index (χ3v) is 4.85. The second-order valence-corrected chi connectivity index (χ2v) is 5.94. The zero-order chi connectivity index (χ0) is 13.5. The summed E-state index contributed by atoms with van der Waals surface area (Å²) in [5.74, 6) is 0.744. The molecule has 104 valence electrons. The van der Waals surface area contributed by atoms with Crippen LogP contribution in [0.5, 0.6) is 0 Å². The second-order valence-electron chi connectivity index (χ2n) is 5.94. The first kappa shape index (κ1) is 12.7. The van der Waals surface area contributed by atoms with Gasteiger partial charge in [0, 0.05) is 6.54 Å². The number of nitrogens with zero attached hydrogens (tertiary/aromatic N) is 1. The summed E-state index contributed by atoms with van der Waals surface area (Å²) in [6.45, 7) is 4.45. The molecule has 0 N–H and O–H groups in total. The minimum absolute atomic E-state index is 0.235. The van der Waals surface area contributed by atoms with Crippen molar-refractivity contribution in [3.63, 3.8) is 0 Å². The molecule has 1 saturated carbocycles. The smallest absolute Gasteiger partial charge is 0.373 e. The van der Waals surface area contributed by atoms with Crippen LogP contribution in [0.4, 0.5) is 0 Å². The van der Waals surface area contributed by atoms with Crippen LogP contribution in [0.1, 0.15) is 55.0 Å². The molecular formula is C15H21NO3. The van der Waals surface area contributed by atoms with Crippen molar-refractivity contribution in [2.75, 3.05) is 20.2 Å². The second kappa shape index (κ2) is 4.67. The monoisotopic (exact) mass is 263 g/mol. The summed E-state index contributed by atoms with van der Waals surface area (Å²) in [5, 5.41) is 0. The Hall–Kier alpha value is -1.29. The van der Waals surface area contributed by atoms with Crippen molar-refractivity contribution in [2.24, 2.45) is 5.41 Å². The maximum absolute atomic E-state index is 11.4. The van der Waals surface area contributed by atoms with Crippen molar-refractivity contribution in [1.29, 1.82) is 0 Å². The van der Waals surface area contributed by atoms with E-state index in [0.717, 1.165) is 12.3 Å². The summed E-state index contributed by atoms with van der Waals surface area (Å²) < 4.78 is 10.3. The van der Waals surface area contributed by atoms with Gasteiger partial charge in [-0.15, -0.1) is 0 Å². The lowest BCUT2D eigenvalue weighted by atomic mass is 9.68. The number of furan rings is 1. The quantitative estimate of drug-likeness (QED) is 0.786. The van der Waals surface area contributed by atoms with Gasteiger partial charge in [0.2, 0.25) is 5.76 Å². The van der Waals surface area contributed by atoms with Gasteiger partial charge in [0.15, 0.2) is 0 Å². The number of hydrogen-bond donors (Lipinski definition) is 0. The molecule has 1 aliphatic carbocycles. The summed E-state index contributed by atoms with van der Waals surface area (Å²) in [7, 11) is 1.37. The van der Waals surface area contributed by atoms with Gasteiger partial charge < -0.3 is 9.15 Å². The van der Waals surface area contributed by atoms with Gasteiger partial charge in [-0.2, -0.15) is 0 Å². The van der Waals surface area contributed by atoms with Crippen molar-refractivity contribution >= 4 is 5.97 Å². The average Bonchev–Trinajstić information content (AvgIpc) is 3.03. The van der Waals surface area contributed by atoms with Gasteiger partial charge in [-0.05, 0) is 50.3 Å². The molecule has 1 spiro atoms. The maximum Gasteiger partial charge on any atom is 0.373 e. The first-order valence-corrected chi connectivity index (χ1v) is 7.06. The van der Waals surface area contributed by atoms with Crippen molar-refractivity contribution < 1.29 is 13.9 Å². The SMILES string of the molecule is COC(=O)c1ccc([C@@H](C)N2CCC3(CCC3)C2)o1. The highest BCUT2D eigenvalue weighted by Crippen LogP contribution is 2.49. The summed E-state index contributed by atoms with van der Waals surface area (Å²) in [6.07, 6.45) is 5.45. The molecule has 4 heteroatoms. The molecule has 0 radical (unpaired) electrons. The standard InChI is InChI=1S/C15H21NO3/c1-11(12-4-5-13(19-12)14(17)18-2)16-9-8-15(10-16)6-3-7-15/h4-5,11H,3,6-10H2,1-2H3/t11-/m1/s1. The molecule has 3 rings (SSSR count). The molecule has 0 bridgehead atoms. The van der Waals surface area contributed by atoms with Crippen LogP contribution < -0.4 is 0 Å². The number of likely N-dealkylation sites (tertiary alicyclic amines) is 1. The van der Waals surface area contributed by atoms with Crippen molar-refractivity contribution in [2.45, 2.75) is 38.6 Å². The fraction of sp³-hybridized carbons (Fsp3) is 0.667. The van der Waals surface area contributed by atoms with Crippen LogP contribution in [0.3, 0.4) is 0 Å². The van der Waals surface area contributed by atoms with E-state index >= 15 is 0 Å². The molecule has 1 aromatic rings. The molecule has 2 heterocycles. The fourth-order valence-electron chi connectivity index (χ4n) is 3.35. The molecule has 0 unspecified atom stereocenters. The van der Waals surface area contributed by atoms with Gasteiger partial charge in [-0.3, -0.25) is 4.90 Å². The van der Waals surface area contributed by atoms with E-state index in [1.165, 1.54) is 39.3 Å². The Bertz CT molecular complexity index is 475. The number of carbonyl (C=O) groups is 1. The van der Waals surface area contributed by atoms with Crippen molar-refractivity contribution in [3.05, 3.63) is 23.7 Å². The molecule has 0 amide bonds. The molecule has 0 aromatic carbocycles. The third kappa shape index (κ3) is 2.18. The molecule has 2 fully saturated rings. The van der Waals surface area contributed by atoms with Crippen molar-refractivity contribution in [1.82, 2.24) is 4.90 Å². The number of rotatable bonds is 3. The Morgan fingerprint density at radius 1 is 1.42 bits per heavy atom. The Morgan fingerprint density at radius 2 is 2.21 bits per heavy atom. The van der Waals surface area contributed by atoms with Gasteiger partial charge >= 0.3 is 5.97 Å². The highest BCUT2D eigenvalue weighted by atomic mass is 16.5. The van der Waals surface area contributed by atoms with E-state index in [2.05, 4.69) is 16.6 Å². The van der Waals surface area contributed by atoms with Crippen LogP contribution >= 0.6 is 0 Å². The van der Waals surface area contributed by atoms with Gasteiger partial charge in [0.1, 0.15) is 5.76 Å². The predicted molar refractivity (Wildman–Crippen MR) is 70.9 cm³/mol. The highest BCUT2D eigenvalue weighted by molar-refractivity contribution is 5.86. The van der Waals surface area contributed by atoms with E-state index in [-0.39, 0.29) is 6.04 Å². The molecule has 1 atom stereocenters. The van der Waals surface area contributed by atoms with Crippen LogP contribution in [0.15, 0.2) is 16.5 Å². The topological polar surface area (TPSA) is 42.7 Å². The van der Waals surface area contributed by atoms with E-state index in [9.17, 15) is 4.79 Å². The molecule has 1 aromatic heterocycles. The van der Waals surface area contributed by atoms with Gasteiger partial charge in [-0.25, -0.2) is 4.79 Å². The van der Waals surface area contributed by atoms with E-state index in [0.29, 0.717) is 11.2 Å². The molecule has 2 aliphatic rings. The Labute approximate surface area is 113 Å². The highest BCUT2D eigenvalue weighted by Gasteiger charge is 2.44. The summed E-state index contributed by atoms with van der Waals surface area (Å²) in [5.41, 5.74) is 0.589. The number of methoxy groups -OCH3 is 1. The van der Waals surface area contributed by atoms with Crippen LogP contribution in [-0.2, 0) is 4.74 Å². The van der Waals surface area contributed by atoms with Crippen LogP contribution in [0.25, 0.3) is 0 Å². The lowest BCUT2D eigenvalue weighted by Crippen LogP contribution is -2.34. The van der Waals surface area contributed by atoms with Crippen LogP contribution in [0, 0.1) is 5.41 Å². The van der Waals surface area contributed by atoms with E-state index in [1.807, 2.05) is 6.07 Å². The first-order valence-electron chi connectivity index (χ1n) is 7.06. The van der Waals surface area contributed by atoms with E-state index in [1.54, 1.807) is 6.07 Å². The Morgan fingerprint density at radius 3 is 2.79 bits per heavy atom. The Balaban J connectivity index is 1.68. The molecule has 1 aliphatic heterocycles. The van der Waals surface area contributed by atoms with Gasteiger partial charge in [0.05, 0.1) is 13.2 Å². The summed E-state index contributed by atoms with van der Waals surface area (Å²) in [4.78, 5) is 13.9. The number of esters is 1. The lowest BCUT2D eigenvalue weighted by Gasteiger charge is -2.38.